The van der Waals surface area contributed by atoms with Crippen LogP contribution in [0.4, 0.5) is 10.3 Å². The number of hydrogen-bond donors (Lipinski definition) is 2. The Balaban J connectivity index is 2.07. The van der Waals surface area contributed by atoms with Gasteiger partial charge in [0.05, 0.1) is 23.9 Å². The summed E-state index contributed by atoms with van der Waals surface area (Å²) in [6, 6.07) is 6.11. The number of carbonyl (C=O) groups excluding carboxylic acids is 1. The highest BCUT2D eigenvalue weighted by molar-refractivity contribution is 5.75. The van der Waals surface area contributed by atoms with Gasteiger partial charge in [0.2, 0.25) is 5.95 Å². The maximum absolute atomic E-state index is 13.4. The van der Waals surface area contributed by atoms with Gasteiger partial charge in [0.1, 0.15) is 11.9 Å². The Morgan fingerprint density at radius 2 is 2.00 bits per heavy atom. The molecule has 148 valence electrons. The molecule has 0 saturated carbocycles. The zero-order valence-corrected chi connectivity index (χ0v) is 16.1. The molecule has 0 spiro atoms. The Morgan fingerprint density at radius 1 is 1.29 bits per heavy atom. The third-order valence-electron chi connectivity index (χ3n) is 4.53. The number of rotatable bonds is 5. The van der Waals surface area contributed by atoms with E-state index in [4.69, 9.17) is 4.74 Å². The van der Waals surface area contributed by atoms with Crippen LogP contribution >= 0.6 is 0 Å². The number of nitrogens with one attached hydrogen (secondary N) is 1. The van der Waals surface area contributed by atoms with Crippen molar-refractivity contribution in [2.75, 3.05) is 12.4 Å². The van der Waals surface area contributed by atoms with Crippen LogP contribution in [0.15, 0.2) is 30.3 Å². The monoisotopic (exact) mass is 385 g/mol. The third kappa shape index (κ3) is 4.54. The molecule has 2 atom stereocenters. The number of esters is 1. The molecule has 0 bridgehead atoms. The summed E-state index contributed by atoms with van der Waals surface area (Å²) in [5.74, 6) is -0.165. The van der Waals surface area contributed by atoms with E-state index in [9.17, 15) is 14.3 Å². The standard InChI is InChI=1S/C21H24FN3O3/c1-12(2)19-17(9-8-16-10-15(26)11-18(27)28-16)20(25-21(23-3)24-19)13-4-6-14(22)7-5-13/h4-9,12,15-16,26H,10-11H2,1-3H3,(H,23,24,25)/b9-8+/t15-,16-/m1/s1. The maximum atomic E-state index is 13.4. The van der Waals surface area contributed by atoms with Gasteiger partial charge in [-0.15, -0.1) is 0 Å². The molecule has 1 aromatic carbocycles. The first-order valence-electron chi connectivity index (χ1n) is 9.28. The number of cyclic esters (lactones) is 1. The van der Waals surface area contributed by atoms with Crippen molar-refractivity contribution < 1.29 is 19.0 Å². The van der Waals surface area contributed by atoms with E-state index in [1.165, 1.54) is 12.1 Å². The van der Waals surface area contributed by atoms with Crippen molar-refractivity contribution in [2.45, 2.75) is 44.8 Å². The minimum absolute atomic E-state index is 0.0163. The van der Waals surface area contributed by atoms with Gasteiger partial charge in [-0.3, -0.25) is 4.79 Å². The Bertz CT molecular complexity index is 881. The molecular formula is C21H24FN3O3. The van der Waals surface area contributed by atoms with Crippen molar-refractivity contribution >= 4 is 18.0 Å². The molecule has 3 rings (SSSR count). The molecule has 1 saturated heterocycles. The number of benzene rings is 1. The van der Waals surface area contributed by atoms with Gasteiger partial charge < -0.3 is 15.2 Å². The van der Waals surface area contributed by atoms with Crippen LogP contribution in [-0.2, 0) is 9.53 Å². The Morgan fingerprint density at radius 3 is 2.61 bits per heavy atom. The van der Waals surface area contributed by atoms with Gasteiger partial charge in [0, 0.05) is 24.6 Å². The summed E-state index contributed by atoms with van der Waals surface area (Å²) in [4.78, 5) is 20.7. The number of hydrogen-bond acceptors (Lipinski definition) is 6. The van der Waals surface area contributed by atoms with Gasteiger partial charge in [0.25, 0.3) is 0 Å². The lowest BCUT2D eigenvalue weighted by Gasteiger charge is -2.23. The molecule has 6 nitrogen and oxygen atoms in total. The largest absolute Gasteiger partial charge is 0.458 e. The third-order valence-corrected chi connectivity index (χ3v) is 4.53. The van der Waals surface area contributed by atoms with Crippen LogP contribution in [0.5, 0.6) is 0 Å². The first-order chi connectivity index (χ1) is 13.4. The molecule has 1 aliphatic heterocycles. The fourth-order valence-corrected chi connectivity index (χ4v) is 3.16. The van der Waals surface area contributed by atoms with E-state index in [1.807, 2.05) is 19.9 Å². The van der Waals surface area contributed by atoms with Crippen LogP contribution in [0, 0.1) is 5.82 Å². The average molecular weight is 385 g/mol. The molecule has 7 heteroatoms. The van der Waals surface area contributed by atoms with Gasteiger partial charge in [0.15, 0.2) is 0 Å². The zero-order valence-electron chi connectivity index (χ0n) is 16.1. The number of nitrogens with zero attached hydrogens (tertiary/aromatic N) is 2. The first kappa shape index (κ1) is 19.9. The molecule has 2 heterocycles. The van der Waals surface area contributed by atoms with E-state index in [2.05, 4.69) is 15.3 Å². The second-order valence-electron chi connectivity index (χ2n) is 7.09. The van der Waals surface area contributed by atoms with Crippen LogP contribution in [0.25, 0.3) is 17.3 Å². The molecule has 1 aliphatic rings. The van der Waals surface area contributed by atoms with E-state index in [0.29, 0.717) is 18.1 Å². The number of aliphatic hydroxyl groups excluding tert-OH is 1. The molecule has 2 N–H and O–H groups in total. The predicted octanol–water partition coefficient (Wildman–Crippen LogP) is 3.53. The van der Waals surface area contributed by atoms with Crippen molar-refractivity contribution in [1.82, 2.24) is 9.97 Å². The Kier molecular flexibility index (Phi) is 6.04. The van der Waals surface area contributed by atoms with Crippen molar-refractivity contribution in [2.24, 2.45) is 0 Å². The molecule has 1 fully saturated rings. The highest BCUT2D eigenvalue weighted by Crippen LogP contribution is 2.31. The van der Waals surface area contributed by atoms with Crippen molar-refractivity contribution in [3.63, 3.8) is 0 Å². The Labute approximate surface area is 163 Å². The fourth-order valence-electron chi connectivity index (χ4n) is 3.16. The zero-order chi connectivity index (χ0) is 20.3. The lowest BCUT2D eigenvalue weighted by atomic mass is 9.97. The second-order valence-corrected chi connectivity index (χ2v) is 7.09. The van der Waals surface area contributed by atoms with Gasteiger partial charge in [-0.2, -0.15) is 0 Å². The smallest absolute Gasteiger partial charge is 0.309 e. The van der Waals surface area contributed by atoms with E-state index in [0.717, 1.165) is 16.8 Å². The Hall–Kier alpha value is -2.80. The van der Waals surface area contributed by atoms with Crippen molar-refractivity contribution in [3.05, 3.63) is 47.4 Å². The average Bonchev–Trinajstić information content (AvgIpc) is 2.65. The quantitative estimate of drug-likeness (QED) is 0.766. The van der Waals surface area contributed by atoms with E-state index in [-0.39, 0.29) is 18.2 Å². The molecule has 2 aromatic rings. The summed E-state index contributed by atoms with van der Waals surface area (Å²) in [7, 11) is 1.74. The highest BCUT2D eigenvalue weighted by Gasteiger charge is 2.25. The molecule has 1 aromatic heterocycles. The van der Waals surface area contributed by atoms with Crippen LogP contribution in [0.3, 0.4) is 0 Å². The highest BCUT2D eigenvalue weighted by atomic mass is 19.1. The number of ether oxygens (including phenoxy) is 1. The van der Waals surface area contributed by atoms with Crippen LogP contribution in [-0.4, -0.2) is 40.3 Å². The van der Waals surface area contributed by atoms with Gasteiger partial charge in [-0.25, -0.2) is 14.4 Å². The summed E-state index contributed by atoms with van der Waals surface area (Å²) in [6.07, 6.45) is 2.71. The van der Waals surface area contributed by atoms with Crippen LogP contribution in [0.2, 0.25) is 0 Å². The van der Waals surface area contributed by atoms with E-state index >= 15 is 0 Å². The summed E-state index contributed by atoms with van der Waals surface area (Å²) in [5, 5.41) is 12.8. The molecule has 0 unspecified atom stereocenters. The fraction of sp³-hybridized carbons (Fsp3) is 0.381. The van der Waals surface area contributed by atoms with Crippen LogP contribution < -0.4 is 5.32 Å². The van der Waals surface area contributed by atoms with Gasteiger partial charge in [-0.05, 0) is 36.3 Å². The predicted molar refractivity (Wildman–Crippen MR) is 105 cm³/mol. The molecule has 0 radical (unpaired) electrons. The number of anilines is 1. The van der Waals surface area contributed by atoms with Crippen LogP contribution in [0.1, 0.15) is 43.9 Å². The summed E-state index contributed by atoms with van der Waals surface area (Å²) >= 11 is 0. The molecule has 28 heavy (non-hydrogen) atoms. The number of aliphatic hydroxyl groups is 1. The SMILES string of the molecule is CNc1nc(-c2ccc(F)cc2)c(/C=C/[C@@H]2C[C@@H](O)CC(=O)O2)c(C(C)C)n1. The summed E-state index contributed by atoms with van der Waals surface area (Å²) in [6.45, 7) is 4.05. The normalized spacial score (nSPS) is 19.9. The van der Waals surface area contributed by atoms with Gasteiger partial charge in [-0.1, -0.05) is 19.9 Å². The number of carbonyl (C=O) groups is 1. The molecule has 0 aliphatic carbocycles. The second kappa shape index (κ2) is 8.48. The first-order valence-corrected chi connectivity index (χ1v) is 9.28. The van der Waals surface area contributed by atoms with Crippen molar-refractivity contribution in [1.29, 1.82) is 0 Å². The number of halogens is 1. The van der Waals surface area contributed by atoms with Gasteiger partial charge >= 0.3 is 5.97 Å². The summed E-state index contributed by atoms with van der Waals surface area (Å²) in [5.41, 5.74) is 3.00. The van der Waals surface area contributed by atoms with Crippen molar-refractivity contribution in [3.8, 4) is 11.3 Å². The van der Waals surface area contributed by atoms with E-state index in [1.54, 1.807) is 25.3 Å². The lowest BCUT2D eigenvalue weighted by Crippen LogP contribution is -2.31. The van der Waals surface area contributed by atoms with E-state index < -0.39 is 18.2 Å². The topological polar surface area (TPSA) is 84.3 Å². The molecule has 0 amide bonds. The number of aromatic nitrogens is 2. The minimum Gasteiger partial charge on any atom is -0.458 e. The maximum Gasteiger partial charge on any atom is 0.309 e. The lowest BCUT2D eigenvalue weighted by molar-refractivity contribution is -0.156. The summed E-state index contributed by atoms with van der Waals surface area (Å²) < 4.78 is 18.7. The molecular weight excluding hydrogens is 361 g/mol. The minimum atomic E-state index is -0.708.